The highest BCUT2D eigenvalue weighted by atomic mass is 35.5. The molecule has 0 saturated carbocycles. The van der Waals surface area contributed by atoms with Crippen LogP contribution in [0.5, 0.6) is 0 Å². The summed E-state index contributed by atoms with van der Waals surface area (Å²) in [6, 6.07) is 6.79. The second kappa shape index (κ2) is 9.41. The van der Waals surface area contributed by atoms with Crippen molar-refractivity contribution in [2.24, 2.45) is 0 Å². The van der Waals surface area contributed by atoms with E-state index in [0.29, 0.717) is 22.0 Å². The molecule has 7 nitrogen and oxygen atoms in total. The van der Waals surface area contributed by atoms with Gasteiger partial charge in [-0.3, -0.25) is 9.59 Å². The first-order valence-corrected chi connectivity index (χ1v) is 9.16. The maximum atomic E-state index is 12.1. The molecule has 8 heteroatoms. The summed E-state index contributed by atoms with van der Waals surface area (Å²) in [6.45, 7) is 6.79. The van der Waals surface area contributed by atoms with Gasteiger partial charge >= 0.3 is 11.9 Å². The number of carbonyl (C=O) groups excluding carboxylic acids is 3. The molecule has 0 aliphatic rings. The van der Waals surface area contributed by atoms with Crippen LogP contribution in [-0.2, 0) is 25.6 Å². The number of hydrogen-bond acceptors (Lipinski definition) is 5. The summed E-state index contributed by atoms with van der Waals surface area (Å²) in [5.74, 6) is -1.49. The van der Waals surface area contributed by atoms with Crippen molar-refractivity contribution in [1.29, 1.82) is 0 Å². The largest absolute Gasteiger partial charge is 0.462 e. The van der Waals surface area contributed by atoms with Crippen molar-refractivity contribution in [2.45, 2.75) is 34.2 Å². The molecule has 1 heterocycles. The predicted octanol–water partition coefficient (Wildman–Crippen LogP) is 3.43. The van der Waals surface area contributed by atoms with Gasteiger partial charge in [0, 0.05) is 22.1 Å². The Morgan fingerprint density at radius 1 is 1.11 bits per heavy atom. The minimum atomic E-state index is -0.588. The summed E-state index contributed by atoms with van der Waals surface area (Å²) in [5, 5.41) is 3.15. The number of hydrogen-bond donors (Lipinski definition) is 1. The Labute approximate surface area is 168 Å². The summed E-state index contributed by atoms with van der Waals surface area (Å²) in [4.78, 5) is 36.1. The van der Waals surface area contributed by atoms with Gasteiger partial charge in [-0.15, -0.1) is 0 Å². The van der Waals surface area contributed by atoms with Gasteiger partial charge in [-0.2, -0.15) is 0 Å². The second-order valence-corrected chi connectivity index (χ2v) is 6.70. The van der Waals surface area contributed by atoms with Gasteiger partial charge in [-0.05, 0) is 51.5 Å². The van der Waals surface area contributed by atoms with Crippen LogP contribution in [0.1, 0.15) is 34.2 Å². The summed E-state index contributed by atoms with van der Waals surface area (Å²) in [6.07, 6.45) is 0. The molecule has 0 aliphatic carbocycles. The van der Waals surface area contributed by atoms with E-state index in [4.69, 9.17) is 21.1 Å². The summed E-state index contributed by atoms with van der Waals surface area (Å²) in [7, 11) is 0. The van der Waals surface area contributed by atoms with Gasteiger partial charge in [0.2, 0.25) is 0 Å². The van der Waals surface area contributed by atoms with Crippen molar-refractivity contribution >= 4 is 35.1 Å². The van der Waals surface area contributed by atoms with Crippen LogP contribution in [-0.4, -0.2) is 35.6 Å². The first-order chi connectivity index (χ1) is 13.2. The van der Waals surface area contributed by atoms with Crippen molar-refractivity contribution in [3.05, 3.63) is 51.8 Å². The topological polar surface area (TPSA) is 86.6 Å². The first kappa shape index (κ1) is 21.5. The number of aromatic nitrogens is 1. The van der Waals surface area contributed by atoms with Gasteiger partial charge < -0.3 is 19.4 Å². The molecule has 0 radical (unpaired) electrons. The van der Waals surface area contributed by atoms with Gasteiger partial charge in [0.1, 0.15) is 6.54 Å². The second-order valence-electron chi connectivity index (χ2n) is 6.26. The number of aryl methyl sites for hydroxylation is 2. The van der Waals surface area contributed by atoms with E-state index < -0.39 is 24.5 Å². The fourth-order valence-corrected chi connectivity index (χ4v) is 2.87. The number of halogens is 1. The summed E-state index contributed by atoms with van der Waals surface area (Å²) < 4.78 is 11.7. The third-order valence-corrected chi connectivity index (χ3v) is 4.43. The number of esters is 2. The van der Waals surface area contributed by atoms with E-state index in [1.54, 1.807) is 49.6 Å². The maximum absolute atomic E-state index is 12.1. The fourth-order valence-electron chi connectivity index (χ4n) is 2.70. The normalized spacial score (nSPS) is 10.5. The number of benzene rings is 1. The van der Waals surface area contributed by atoms with Crippen LogP contribution in [0.3, 0.4) is 0 Å². The van der Waals surface area contributed by atoms with E-state index in [-0.39, 0.29) is 13.2 Å². The van der Waals surface area contributed by atoms with Crippen molar-refractivity contribution in [3.8, 4) is 0 Å². The lowest BCUT2D eigenvalue weighted by atomic mass is 10.2. The minimum absolute atomic E-state index is 0.111. The number of nitrogens with one attached hydrogen (secondary N) is 1. The lowest BCUT2D eigenvalue weighted by molar-refractivity contribution is -0.147. The molecular weight excluding hydrogens is 384 g/mol. The molecule has 2 rings (SSSR count). The van der Waals surface area contributed by atoms with Gasteiger partial charge in [0.25, 0.3) is 5.91 Å². The molecule has 0 aliphatic heterocycles. The Hall–Kier alpha value is -2.80. The highest BCUT2D eigenvalue weighted by Gasteiger charge is 2.19. The van der Waals surface area contributed by atoms with Gasteiger partial charge in [0.15, 0.2) is 6.61 Å². The SMILES string of the molecule is CCOC(=O)c1cc(C)n(CC(=O)OCC(=O)Nc2cc(Cl)ccc2C)c1C. The fraction of sp³-hybridized carbons (Fsp3) is 0.350. The summed E-state index contributed by atoms with van der Waals surface area (Å²) in [5.41, 5.74) is 3.13. The third-order valence-electron chi connectivity index (χ3n) is 4.19. The van der Waals surface area contributed by atoms with Gasteiger partial charge in [-0.25, -0.2) is 4.79 Å². The van der Waals surface area contributed by atoms with Crippen molar-refractivity contribution in [1.82, 2.24) is 4.57 Å². The van der Waals surface area contributed by atoms with Crippen LogP contribution in [0.4, 0.5) is 5.69 Å². The van der Waals surface area contributed by atoms with E-state index >= 15 is 0 Å². The molecule has 1 amide bonds. The molecule has 0 atom stereocenters. The zero-order valence-corrected chi connectivity index (χ0v) is 17.1. The Kier molecular flexibility index (Phi) is 7.23. The lowest BCUT2D eigenvalue weighted by Crippen LogP contribution is -2.24. The molecule has 0 unspecified atom stereocenters. The molecular formula is C20H23ClN2O5. The Bertz CT molecular complexity index is 904. The lowest BCUT2D eigenvalue weighted by Gasteiger charge is -2.11. The number of anilines is 1. The van der Waals surface area contributed by atoms with Crippen molar-refractivity contribution in [3.63, 3.8) is 0 Å². The Morgan fingerprint density at radius 2 is 1.82 bits per heavy atom. The average molecular weight is 407 g/mol. The van der Waals surface area contributed by atoms with Crippen LogP contribution in [0.15, 0.2) is 24.3 Å². The van der Waals surface area contributed by atoms with E-state index in [0.717, 1.165) is 11.3 Å². The maximum Gasteiger partial charge on any atom is 0.339 e. The molecule has 0 saturated heterocycles. The van der Waals surface area contributed by atoms with Crippen molar-refractivity contribution < 1.29 is 23.9 Å². The van der Waals surface area contributed by atoms with E-state index in [1.165, 1.54) is 0 Å². The van der Waals surface area contributed by atoms with E-state index in [2.05, 4.69) is 5.32 Å². The first-order valence-electron chi connectivity index (χ1n) is 8.78. The van der Waals surface area contributed by atoms with Crippen LogP contribution in [0, 0.1) is 20.8 Å². The quantitative estimate of drug-likeness (QED) is 0.712. The number of amides is 1. The zero-order valence-electron chi connectivity index (χ0n) is 16.3. The van der Waals surface area contributed by atoms with Crippen molar-refractivity contribution in [2.75, 3.05) is 18.5 Å². The van der Waals surface area contributed by atoms with Crippen LogP contribution in [0.2, 0.25) is 5.02 Å². The standard InChI is InChI=1S/C20H23ClN2O5/c1-5-27-20(26)16-8-13(3)23(14(16)4)10-19(25)28-11-18(24)22-17-9-15(21)7-6-12(17)2/h6-9H,5,10-11H2,1-4H3,(H,22,24). The van der Waals surface area contributed by atoms with E-state index in [1.807, 2.05) is 6.92 Å². The highest BCUT2D eigenvalue weighted by Crippen LogP contribution is 2.20. The molecule has 2 aromatic rings. The number of nitrogens with zero attached hydrogens (tertiary/aromatic N) is 1. The minimum Gasteiger partial charge on any atom is -0.462 e. The molecule has 1 aromatic carbocycles. The number of ether oxygens (including phenoxy) is 2. The van der Waals surface area contributed by atoms with Gasteiger partial charge in [-0.1, -0.05) is 17.7 Å². The smallest absolute Gasteiger partial charge is 0.339 e. The predicted molar refractivity (Wildman–Crippen MR) is 106 cm³/mol. The molecule has 0 fully saturated rings. The van der Waals surface area contributed by atoms with Crippen LogP contribution < -0.4 is 5.32 Å². The summed E-state index contributed by atoms with van der Waals surface area (Å²) >= 11 is 5.92. The van der Waals surface area contributed by atoms with Crippen LogP contribution in [0.25, 0.3) is 0 Å². The molecule has 150 valence electrons. The number of rotatable bonds is 7. The molecule has 0 bridgehead atoms. The molecule has 1 N–H and O–H groups in total. The van der Waals surface area contributed by atoms with Crippen LogP contribution >= 0.6 is 11.6 Å². The number of carbonyl (C=O) groups is 3. The molecule has 0 spiro atoms. The average Bonchev–Trinajstić information content (AvgIpc) is 2.91. The third kappa shape index (κ3) is 5.36. The zero-order chi connectivity index (χ0) is 20.8. The van der Waals surface area contributed by atoms with E-state index in [9.17, 15) is 14.4 Å². The monoisotopic (exact) mass is 406 g/mol. The Morgan fingerprint density at radius 3 is 2.50 bits per heavy atom. The highest BCUT2D eigenvalue weighted by molar-refractivity contribution is 6.31. The molecule has 28 heavy (non-hydrogen) atoms. The Balaban J connectivity index is 1.95. The van der Waals surface area contributed by atoms with Gasteiger partial charge in [0.05, 0.1) is 12.2 Å². The molecule has 1 aromatic heterocycles.